The largest absolute Gasteiger partial charge is 0.496 e. The van der Waals surface area contributed by atoms with Gasteiger partial charge in [-0.1, -0.05) is 6.07 Å². The first-order valence-electron chi connectivity index (χ1n) is 6.35. The number of benzene rings is 1. The van der Waals surface area contributed by atoms with E-state index in [9.17, 15) is 4.79 Å². The molecule has 0 saturated carbocycles. The number of likely N-dealkylation sites (N-methyl/N-ethyl adjacent to an activating group) is 1. The molecule has 0 aliphatic heterocycles. The monoisotopic (exact) mass is 263 g/mol. The van der Waals surface area contributed by atoms with Crippen molar-refractivity contribution in [3.8, 4) is 11.5 Å². The Bertz CT molecular complexity index is 428. The van der Waals surface area contributed by atoms with Crippen molar-refractivity contribution in [1.82, 2.24) is 4.90 Å². The third kappa shape index (κ3) is 3.74. The average molecular weight is 263 g/mol. The first-order chi connectivity index (χ1) is 9.17. The maximum atomic E-state index is 11.9. The quantitative estimate of drug-likeness (QED) is 0.740. The van der Waals surface area contributed by atoms with Crippen LogP contribution >= 0.6 is 0 Å². The second kappa shape index (κ2) is 7.46. The highest BCUT2D eigenvalue weighted by atomic mass is 16.5. The van der Waals surface area contributed by atoms with Crippen molar-refractivity contribution in [2.45, 2.75) is 13.8 Å². The van der Waals surface area contributed by atoms with Gasteiger partial charge in [0.1, 0.15) is 11.5 Å². The van der Waals surface area contributed by atoms with Crippen LogP contribution in [0.2, 0.25) is 0 Å². The van der Waals surface area contributed by atoms with Gasteiger partial charge in [0.05, 0.1) is 19.8 Å². The molecule has 19 heavy (non-hydrogen) atoms. The maximum Gasteiger partial charge on any atom is 0.246 e. The zero-order valence-electron chi connectivity index (χ0n) is 12.0. The summed E-state index contributed by atoms with van der Waals surface area (Å²) in [7, 11) is 3.19. The lowest BCUT2D eigenvalue weighted by Gasteiger charge is -2.16. The Balaban J connectivity index is 3.01. The molecular formula is C15H21NO3. The Kier molecular flexibility index (Phi) is 5.93. The van der Waals surface area contributed by atoms with Gasteiger partial charge in [0.2, 0.25) is 5.91 Å². The maximum absolute atomic E-state index is 11.9. The number of carbonyl (C=O) groups excluding carboxylic acids is 1. The van der Waals surface area contributed by atoms with E-state index in [1.54, 1.807) is 31.3 Å². The third-order valence-corrected chi connectivity index (χ3v) is 2.93. The molecule has 1 aromatic carbocycles. The Hall–Kier alpha value is -1.97. The number of rotatable bonds is 6. The average Bonchev–Trinajstić information content (AvgIpc) is 2.45. The lowest BCUT2D eigenvalue weighted by Crippen LogP contribution is -2.28. The van der Waals surface area contributed by atoms with Gasteiger partial charge >= 0.3 is 0 Å². The van der Waals surface area contributed by atoms with Crippen molar-refractivity contribution >= 4 is 12.0 Å². The van der Waals surface area contributed by atoms with Gasteiger partial charge in [-0.05, 0) is 32.1 Å². The van der Waals surface area contributed by atoms with Crippen molar-refractivity contribution in [3.05, 3.63) is 29.8 Å². The fraction of sp³-hybridized carbons (Fsp3) is 0.400. The first kappa shape index (κ1) is 15.1. The van der Waals surface area contributed by atoms with E-state index < -0.39 is 0 Å². The minimum absolute atomic E-state index is 0.0158. The van der Waals surface area contributed by atoms with Crippen LogP contribution in [0.15, 0.2) is 24.3 Å². The van der Waals surface area contributed by atoms with Crippen LogP contribution < -0.4 is 9.47 Å². The van der Waals surface area contributed by atoms with Crippen LogP contribution in [0, 0.1) is 0 Å². The number of hydrogen-bond donors (Lipinski definition) is 0. The molecule has 0 aliphatic rings. The van der Waals surface area contributed by atoms with Crippen LogP contribution in [0.1, 0.15) is 19.4 Å². The Morgan fingerprint density at radius 3 is 2.11 bits per heavy atom. The molecular weight excluding hydrogens is 242 g/mol. The van der Waals surface area contributed by atoms with E-state index in [-0.39, 0.29) is 5.91 Å². The molecule has 0 bridgehead atoms. The van der Waals surface area contributed by atoms with Crippen molar-refractivity contribution in [2.24, 2.45) is 0 Å². The van der Waals surface area contributed by atoms with Gasteiger partial charge in [-0.2, -0.15) is 0 Å². The highest BCUT2D eigenvalue weighted by Gasteiger charge is 2.09. The molecule has 0 unspecified atom stereocenters. The molecule has 0 aliphatic carbocycles. The SMILES string of the molecule is CCN(CC)C(=O)C=Cc1c(OC)cccc1OC. The predicted molar refractivity (Wildman–Crippen MR) is 76.5 cm³/mol. The zero-order valence-corrected chi connectivity index (χ0v) is 12.0. The van der Waals surface area contributed by atoms with Crippen LogP contribution in [0.25, 0.3) is 6.08 Å². The lowest BCUT2D eigenvalue weighted by molar-refractivity contribution is -0.125. The Labute approximate surface area is 114 Å². The van der Waals surface area contributed by atoms with Gasteiger partial charge in [-0.25, -0.2) is 0 Å². The molecule has 1 rings (SSSR count). The number of ether oxygens (including phenoxy) is 2. The van der Waals surface area contributed by atoms with Crippen molar-refractivity contribution in [3.63, 3.8) is 0 Å². The van der Waals surface area contributed by atoms with Gasteiger partial charge in [0.15, 0.2) is 0 Å². The molecule has 4 nitrogen and oxygen atoms in total. The van der Waals surface area contributed by atoms with Crippen LogP contribution in [-0.2, 0) is 4.79 Å². The highest BCUT2D eigenvalue weighted by molar-refractivity contribution is 5.92. The highest BCUT2D eigenvalue weighted by Crippen LogP contribution is 2.29. The number of hydrogen-bond acceptors (Lipinski definition) is 3. The number of carbonyl (C=O) groups is 1. The van der Waals surface area contributed by atoms with Crippen molar-refractivity contribution < 1.29 is 14.3 Å². The van der Waals surface area contributed by atoms with Gasteiger partial charge < -0.3 is 14.4 Å². The number of amides is 1. The molecule has 0 heterocycles. The Morgan fingerprint density at radius 2 is 1.68 bits per heavy atom. The second-order valence-electron chi connectivity index (χ2n) is 3.92. The predicted octanol–water partition coefficient (Wildman–Crippen LogP) is 2.59. The fourth-order valence-corrected chi connectivity index (χ4v) is 1.84. The molecule has 0 radical (unpaired) electrons. The molecule has 0 N–H and O–H groups in total. The fourth-order valence-electron chi connectivity index (χ4n) is 1.84. The summed E-state index contributed by atoms with van der Waals surface area (Å²) in [6, 6.07) is 5.52. The van der Waals surface area contributed by atoms with E-state index in [1.165, 1.54) is 0 Å². The summed E-state index contributed by atoms with van der Waals surface area (Å²) < 4.78 is 10.6. The molecule has 0 spiro atoms. The minimum atomic E-state index is -0.0158. The number of methoxy groups -OCH3 is 2. The van der Waals surface area contributed by atoms with Gasteiger partial charge in [-0.3, -0.25) is 4.79 Å². The normalized spacial score (nSPS) is 10.5. The van der Waals surface area contributed by atoms with E-state index in [2.05, 4.69) is 0 Å². The van der Waals surface area contributed by atoms with Crippen LogP contribution in [-0.4, -0.2) is 38.1 Å². The lowest BCUT2D eigenvalue weighted by atomic mass is 10.1. The smallest absolute Gasteiger partial charge is 0.246 e. The van der Waals surface area contributed by atoms with Gasteiger partial charge in [-0.15, -0.1) is 0 Å². The molecule has 4 heteroatoms. The Morgan fingerprint density at radius 1 is 1.16 bits per heavy atom. The van der Waals surface area contributed by atoms with E-state index in [1.807, 2.05) is 32.0 Å². The van der Waals surface area contributed by atoms with Crippen LogP contribution in [0.5, 0.6) is 11.5 Å². The van der Waals surface area contributed by atoms with E-state index >= 15 is 0 Å². The molecule has 1 amide bonds. The zero-order chi connectivity index (χ0) is 14.3. The topological polar surface area (TPSA) is 38.8 Å². The van der Waals surface area contributed by atoms with E-state index in [0.717, 1.165) is 5.56 Å². The molecule has 0 atom stereocenters. The summed E-state index contributed by atoms with van der Waals surface area (Å²) in [5.74, 6) is 1.35. The van der Waals surface area contributed by atoms with E-state index in [0.29, 0.717) is 24.6 Å². The summed E-state index contributed by atoms with van der Waals surface area (Å²) in [5, 5.41) is 0. The van der Waals surface area contributed by atoms with Gasteiger partial charge in [0, 0.05) is 19.2 Å². The summed E-state index contributed by atoms with van der Waals surface area (Å²) >= 11 is 0. The standard InChI is InChI=1S/C15H21NO3/c1-5-16(6-2)15(17)11-10-12-13(18-3)8-7-9-14(12)19-4/h7-11H,5-6H2,1-4H3. The van der Waals surface area contributed by atoms with Gasteiger partial charge in [0.25, 0.3) is 0 Å². The third-order valence-electron chi connectivity index (χ3n) is 2.93. The van der Waals surface area contributed by atoms with Crippen LogP contribution in [0.3, 0.4) is 0 Å². The van der Waals surface area contributed by atoms with Crippen molar-refractivity contribution in [2.75, 3.05) is 27.3 Å². The molecule has 0 fully saturated rings. The molecule has 1 aromatic rings. The van der Waals surface area contributed by atoms with Crippen LogP contribution in [0.4, 0.5) is 0 Å². The first-order valence-corrected chi connectivity index (χ1v) is 6.35. The summed E-state index contributed by atoms with van der Waals surface area (Å²) in [6.45, 7) is 5.31. The minimum Gasteiger partial charge on any atom is -0.496 e. The summed E-state index contributed by atoms with van der Waals surface area (Å²) in [5.41, 5.74) is 0.771. The summed E-state index contributed by atoms with van der Waals surface area (Å²) in [4.78, 5) is 13.7. The van der Waals surface area contributed by atoms with Crippen molar-refractivity contribution in [1.29, 1.82) is 0 Å². The molecule has 0 aromatic heterocycles. The van der Waals surface area contributed by atoms with E-state index in [4.69, 9.17) is 9.47 Å². The summed E-state index contributed by atoms with van der Waals surface area (Å²) in [6.07, 6.45) is 3.28. The number of nitrogens with zero attached hydrogens (tertiary/aromatic N) is 1. The molecule has 104 valence electrons. The second-order valence-corrected chi connectivity index (χ2v) is 3.92. The molecule has 0 saturated heterocycles.